The van der Waals surface area contributed by atoms with E-state index >= 15 is 0 Å². The van der Waals surface area contributed by atoms with Crippen LogP contribution in [-0.2, 0) is 13.2 Å². The van der Waals surface area contributed by atoms with Crippen molar-refractivity contribution >= 4 is 23.1 Å². The van der Waals surface area contributed by atoms with Crippen molar-refractivity contribution in [2.75, 3.05) is 5.32 Å². The van der Waals surface area contributed by atoms with Crippen LogP contribution in [0.5, 0.6) is 0 Å². The second-order valence-corrected chi connectivity index (χ2v) is 4.39. The van der Waals surface area contributed by atoms with E-state index in [9.17, 15) is 13.2 Å². The molecule has 0 bridgehead atoms. The molecule has 4 nitrogen and oxygen atoms in total. The molecule has 0 aliphatic carbocycles. The van der Waals surface area contributed by atoms with Crippen LogP contribution in [-0.4, -0.2) is 14.8 Å². The molecule has 0 aliphatic heterocycles. The average molecular weight is 291 g/mol. The zero-order valence-electron chi connectivity index (χ0n) is 10.1. The van der Waals surface area contributed by atoms with E-state index in [0.29, 0.717) is 11.4 Å². The molecule has 0 fully saturated rings. The molecule has 2 heterocycles. The minimum absolute atomic E-state index is 0.0990. The number of hydrogen-bond acceptors (Lipinski definition) is 3. The molecule has 19 heavy (non-hydrogen) atoms. The highest BCUT2D eigenvalue weighted by Crippen LogP contribution is 2.33. The first-order valence-electron chi connectivity index (χ1n) is 5.27. The number of aromatic nitrogens is 3. The molecule has 2 rings (SSSR count). The van der Waals surface area contributed by atoms with E-state index in [0.717, 1.165) is 12.3 Å². The Morgan fingerprint density at radius 1 is 1.37 bits per heavy atom. The maximum atomic E-state index is 12.5. The Morgan fingerprint density at radius 2 is 2.05 bits per heavy atom. The van der Waals surface area contributed by atoms with Crippen molar-refractivity contribution in [3.63, 3.8) is 0 Å². The molecule has 0 aliphatic rings. The predicted octanol–water partition coefficient (Wildman–Crippen LogP) is 3.54. The van der Waals surface area contributed by atoms with Gasteiger partial charge >= 0.3 is 6.18 Å². The molecule has 0 radical (unpaired) electrons. The van der Waals surface area contributed by atoms with Crippen molar-refractivity contribution in [3.8, 4) is 0 Å². The summed E-state index contributed by atoms with van der Waals surface area (Å²) in [6.45, 7) is 1.76. The molecule has 0 saturated carbocycles. The van der Waals surface area contributed by atoms with Gasteiger partial charge in [-0.15, -0.1) is 0 Å². The summed E-state index contributed by atoms with van der Waals surface area (Å²) in [5.41, 5.74) is 0.447. The molecule has 102 valence electrons. The van der Waals surface area contributed by atoms with E-state index in [1.54, 1.807) is 24.9 Å². The van der Waals surface area contributed by atoms with Gasteiger partial charge in [0.1, 0.15) is 5.82 Å². The SMILES string of the molecule is Cc1nn(C)cc1Nc1ncc(C(F)(F)F)cc1Cl. The summed E-state index contributed by atoms with van der Waals surface area (Å²) in [6.07, 6.45) is -2.04. The van der Waals surface area contributed by atoms with Crippen LogP contribution in [0.4, 0.5) is 24.7 Å². The van der Waals surface area contributed by atoms with Crippen molar-refractivity contribution in [2.45, 2.75) is 13.1 Å². The summed E-state index contributed by atoms with van der Waals surface area (Å²) >= 11 is 5.79. The fraction of sp³-hybridized carbons (Fsp3) is 0.273. The number of pyridine rings is 1. The van der Waals surface area contributed by atoms with Crippen molar-refractivity contribution in [2.24, 2.45) is 7.05 Å². The number of anilines is 2. The zero-order chi connectivity index (χ0) is 14.2. The zero-order valence-corrected chi connectivity index (χ0v) is 10.8. The van der Waals surface area contributed by atoms with Gasteiger partial charge < -0.3 is 5.32 Å². The second kappa shape index (κ2) is 4.73. The highest BCUT2D eigenvalue weighted by Gasteiger charge is 2.31. The lowest BCUT2D eigenvalue weighted by Gasteiger charge is -2.10. The Kier molecular flexibility index (Phi) is 3.40. The third-order valence-electron chi connectivity index (χ3n) is 2.44. The highest BCUT2D eigenvalue weighted by atomic mass is 35.5. The topological polar surface area (TPSA) is 42.7 Å². The van der Waals surface area contributed by atoms with Crippen LogP contribution >= 0.6 is 11.6 Å². The number of aryl methyl sites for hydroxylation is 2. The molecule has 0 unspecified atom stereocenters. The number of alkyl halides is 3. The summed E-state index contributed by atoms with van der Waals surface area (Å²) in [5, 5.41) is 6.84. The summed E-state index contributed by atoms with van der Waals surface area (Å²) in [6, 6.07) is 0.836. The molecule has 2 aromatic heterocycles. The van der Waals surface area contributed by atoms with Gasteiger partial charge in [0.2, 0.25) is 0 Å². The van der Waals surface area contributed by atoms with Crippen LogP contribution in [0.2, 0.25) is 5.02 Å². The lowest BCUT2D eigenvalue weighted by Crippen LogP contribution is -2.06. The minimum Gasteiger partial charge on any atom is -0.336 e. The minimum atomic E-state index is -4.46. The third-order valence-corrected chi connectivity index (χ3v) is 2.72. The van der Waals surface area contributed by atoms with Gasteiger partial charge in [-0.3, -0.25) is 4.68 Å². The molecule has 0 saturated heterocycles. The first kappa shape index (κ1) is 13.7. The Bertz CT molecular complexity index is 606. The van der Waals surface area contributed by atoms with Gasteiger partial charge in [0.05, 0.1) is 22.0 Å². The number of nitrogens with one attached hydrogen (secondary N) is 1. The van der Waals surface area contributed by atoms with Crippen LogP contribution in [0.3, 0.4) is 0 Å². The molecule has 1 N–H and O–H groups in total. The standard InChI is InChI=1S/C11H10ClF3N4/c1-6-9(5-19(2)18-6)17-10-8(12)3-7(4-16-10)11(13,14)15/h3-5H,1-2H3,(H,16,17). The largest absolute Gasteiger partial charge is 0.417 e. The van der Waals surface area contributed by atoms with Gasteiger partial charge in [-0.05, 0) is 13.0 Å². The summed E-state index contributed by atoms with van der Waals surface area (Å²) in [7, 11) is 1.74. The highest BCUT2D eigenvalue weighted by molar-refractivity contribution is 6.33. The number of hydrogen-bond donors (Lipinski definition) is 1. The smallest absolute Gasteiger partial charge is 0.336 e. The monoisotopic (exact) mass is 290 g/mol. The molecule has 0 spiro atoms. The van der Waals surface area contributed by atoms with Crippen molar-refractivity contribution in [1.29, 1.82) is 0 Å². The Hall–Kier alpha value is -1.76. The summed E-state index contributed by atoms with van der Waals surface area (Å²) in [5.74, 6) is 0.158. The van der Waals surface area contributed by atoms with Crippen LogP contribution in [0, 0.1) is 6.92 Å². The lowest BCUT2D eigenvalue weighted by molar-refractivity contribution is -0.137. The van der Waals surface area contributed by atoms with E-state index < -0.39 is 11.7 Å². The third kappa shape index (κ3) is 2.98. The molecule has 0 aromatic carbocycles. The molecular weight excluding hydrogens is 281 g/mol. The van der Waals surface area contributed by atoms with E-state index in [1.807, 2.05) is 0 Å². The van der Waals surface area contributed by atoms with E-state index in [-0.39, 0.29) is 10.8 Å². The van der Waals surface area contributed by atoms with Crippen molar-refractivity contribution in [3.05, 3.63) is 34.7 Å². The lowest BCUT2D eigenvalue weighted by atomic mass is 10.2. The van der Waals surface area contributed by atoms with Gasteiger partial charge in [0.25, 0.3) is 0 Å². The van der Waals surface area contributed by atoms with Crippen LogP contribution < -0.4 is 5.32 Å². The van der Waals surface area contributed by atoms with Crippen LogP contribution in [0.25, 0.3) is 0 Å². The molecule has 0 amide bonds. The van der Waals surface area contributed by atoms with Gasteiger partial charge in [-0.1, -0.05) is 11.6 Å². The van der Waals surface area contributed by atoms with Gasteiger partial charge in [-0.2, -0.15) is 18.3 Å². The first-order chi connectivity index (χ1) is 8.77. The molecule has 0 atom stereocenters. The van der Waals surface area contributed by atoms with Crippen LogP contribution in [0.15, 0.2) is 18.5 Å². The molecule has 8 heteroatoms. The predicted molar refractivity (Wildman–Crippen MR) is 65.5 cm³/mol. The first-order valence-corrected chi connectivity index (χ1v) is 5.65. The normalized spacial score (nSPS) is 11.7. The second-order valence-electron chi connectivity index (χ2n) is 3.98. The van der Waals surface area contributed by atoms with Gasteiger partial charge in [0.15, 0.2) is 0 Å². The molecular formula is C11H10ClF3N4. The average Bonchev–Trinajstić information content (AvgIpc) is 2.59. The Labute approximate surface area is 112 Å². The van der Waals surface area contributed by atoms with Crippen molar-refractivity contribution < 1.29 is 13.2 Å². The fourth-order valence-corrected chi connectivity index (χ4v) is 1.75. The quantitative estimate of drug-likeness (QED) is 0.920. The van der Waals surface area contributed by atoms with Crippen molar-refractivity contribution in [1.82, 2.24) is 14.8 Å². The number of halogens is 4. The summed E-state index contributed by atoms with van der Waals surface area (Å²) in [4.78, 5) is 3.69. The fourth-order valence-electron chi connectivity index (χ4n) is 1.53. The van der Waals surface area contributed by atoms with Gasteiger partial charge in [0, 0.05) is 19.4 Å². The maximum Gasteiger partial charge on any atom is 0.417 e. The van der Waals surface area contributed by atoms with Crippen LogP contribution in [0.1, 0.15) is 11.3 Å². The maximum absolute atomic E-state index is 12.5. The van der Waals surface area contributed by atoms with E-state index in [2.05, 4.69) is 15.4 Å². The van der Waals surface area contributed by atoms with Gasteiger partial charge in [-0.25, -0.2) is 4.98 Å². The van der Waals surface area contributed by atoms with E-state index in [4.69, 9.17) is 11.6 Å². The number of rotatable bonds is 2. The Balaban J connectivity index is 2.30. The number of nitrogens with zero attached hydrogens (tertiary/aromatic N) is 3. The van der Waals surface area contributed by atoms with E-state index in [1.165, 1.54) is 0 Å². The Morgan fingerprint density at radius 3 is 2.53 bits per heavy atom. The summed E-state index contributed by atoms with van der Waals surface area (Å²) < 4.78 is 39.0. The molecule has 2 aromatic rings.